The third-order valence-electron chi connectivity index (χ3n) is 5.10. The first-order valence-electron chi connectivity index (χ1n) is 8.22. The van der Waals surface area contributed by atoms with Crippen LogP contribution >= 0.6 is 0 Å². The van der Waals surface area contributed by atoms with E-state index in [1.54, 1.807) is 0 Å². The molecule has 1 aliphatic rings. The SMILES string of the molecule is CC(c1ccccc1)N(C)C1c2ccccc2-c2ccccc21. The zero-order chi connectivity index (χ0) is 15.8. The lowest BCUT2D eigenvalue weighted by Gasteiger charge is -2.32. The van der Waals surface area contributed by atoms with Gasteiger partial charge in [0.15, 0.2) is 0 Å². The summed E-state index contributed by atoms with van der Waals surface area (Å²) in [5.74, 6) is 0. The first kappa shape index (κ1) is 14.2. The lowest BCUT2D eigenvalue weighted by Crippen LogP contribution is -2.27. The maximum atomic E-state index is 2.49. The van der Waals surface area contributed by atoms with E-state index in [1.165, 1.54) is 27.8 Å². The molecule has 1 nitrogen and oxygen atoms in total. The van der Waals surface area contributed by atoms with E-state index in [-0.39, 0.29) is 0 Å². The van der Waals surface area contributed by atoms with E-state index in [4.69, 9.17) is 0 Å². The Labute approximate surface area is 138 Å². The Morgan fingerprint density at radius 1 is 0.696 bits per heavy atom. The molecule has 114 valence electrons. The molecule has 0 saturated carbocycles. The summed E-state index contributed by atoms with van der Waals surface area (Å²) >= 11 is 0. The largest absolute Gasteiger partial charge is 0.289 e. The van der Waals surface area contributed by atoms with Crippen molar-refractivity contribution in [3.8, 4) is 11.1 Å². The summed E-state index contributed by atoms with van der Waals surface area (Å²) in [4.78, 5) is 2.49. The van der Waals surface area contributed by atoms with Crippen LogP contribution in [0.25, 0.3) is 11.1 Å². The van der Waals surface area contributed by atoms with Crippen molar-refractivity contribution >= 4 is 0 Å². The van der Waals surface area contributed by atoms with Crippen LogP contribution in [0.15, 0.2) is 78.9 Å². The highest BCUT2D eigenvalue weighted by atomic mass is 15.2. The van der Waals surface area contributed by atoms with Crippen molar-refractivity contribution in [2.45, 2.75) is 19.0 Å². The Morgan fingerprint density at radius 3 is 1.74 bits per heavy atom. The molecule has 0 aromatic heterocycles. The third kappa shape index (κ3) is 2.29. The van der Waals surface area contributed by atoms with Crippen molar-refractivity contribution in [1.82, 2.24) is 4.90 Å². The van der Waals surface area contributed by atoms with Gasteiger partial charge in [-0.15, -0.1) is 0 Å². The van der Waals surface area contributed by atoms with Crippen LogP contribution in [0.4, 0.5) is 0 Å². The quantitative estimate of drug-likeness (QED) is 0.621. The van der Waals surface area contributed by atoms with Gasteiger partial charge in [0.05, 0.1) is 6.04 Å². The van der Waals surface area contributed by atoms with E-state index >= 15 is 0 Å². The molecular weight excluding hydrogens is 278 g/mol. The summed E-state index contributed by atoms with van der Waals surface area (Å²) in [5.41, 5.74) is 6.94. The predicted molar refractivity (Wildman–Crippen MR) is 96.3 cm³/mol. The van der Waals surface area contributed by atoms with E-state index in [2.05, 4.69) is 97.7 Å². The number of hydrogen-bond donors (Lipinski definition) is 0. The van der Waals surface area contributed by atoms with E-state index in [9.17, 15) is 0 Å². The van der Waals surface area contributed by atoms with Gasteiger partial charge < -0.3 is 0 Å². The fourth-order valence-electron chi connectivity index (χ4n) is 3.76. The molecule has 0 spiro atoms. The standard InChI is InChI=1S/C22H21N/c1-16(17-10-4-3-5-11-17)23(2)22-20-14-8-6-12-18(20)19-13-7-9-15-21(19)22/h3-16,22H,1-2H3. The highest BCUT2D eigenvalue weighted by molar-refractivity contribution is 5.78. The number of nitrogens with zero attached hydrogens (tertiary/aromatic N) is 1. The Bertz CT molecular complexity index is 777. The summed E-state index contributed by atoms with van der Waals surface area (Å²) in [5, 5.41) is 0. The van der Waals surface area contributed by atoms with Crippen molar-refractivity contribution in [1.29, 1.82) is 0 Å². The van der Waals surface area contributed by atoms with Gasteiger partial charge in [0.2, 0.25) is 0 Å². The maximum absolute atomic E-state index is 2.49. The van der Waals surface area contributed by atoms with Crippen LogP contribution in [0, 0.1) is 0 Å². The molecule has 4 rings (SSSR count). The molecule has 0 heterocycles. The van der Waals surface area contributed by atoms with Crippen molar-refractivity contribution in [3.05, 3.63) is 95.6 Å². The third-order valence-corrected chi connectivity index (χ3v) is 5.10. The van der Waals surface area contributed by atoms with Crippen LogP contribution in [0.5, 0.6) is 0 Å². The Hall–Kier alpha value is -2.38. The van der Waals surface area contributed by atoms with Gasteiger partial charge in [-0.3, -0.25) is 4.90 Å². The molecule has 1 atom stereocenters. The molecule has 0 radical (unpaired) electrons. The van der Waals surface area contributed by atoms with E-state index < -0.39 is 0 Å². The second-order valence-electron chi connectivity index (χ2n) is 6.33. The number of fused-ring (bicyclic) bond motifs is 3. The van der Waals surface area contributed by atoms with Crippen LogP contribution in [-0.2, 0) is 0 Å². The molecule has 0 aliphatic heterocycles. The van der Waals surface area contributed by atoms with Gasteiger partial charge in [0.1, 0.15) is 0 Å². The van der Waals surface area contributed by atoms with Gasteiger partial charge in [0, 0.05) is 6.04 Å². The molecule has 1 heteroatoms. The summed E-state index contributed by atoms with van der Waals surface area (Å²) < 4.78 is 0. The lowest BCUT2D eigenvalue weighted by atomic mass is 9.99. The first-order chi connectivity index (χ1) is 11.3. The lowest BCUT2D eigenvalue weighted by molar-refractivity contribution is 0.216. The highest BCUT2D eigenvalue weighted by Gasteiger charge is 2.32. The van der Waals surface area contributed by atoms with Crippen molar-refractivity contribution in [2.75, 3.05) is 7.05 Å². The van der Waals surface area contributed by atoms with Gasteiger partial charge in [-0.25, -0.2) is 0 Å². The minimum Gasteiger partial charge on any atom is -0.289 e. The van der Waals surface area contributed by atoms with Gasteiger partial charge in [-0.2, -0.15) is 0 Å². The average molecular weight is 299 g/mol. The molecule has 3 aromatic rings. The smallest absolute Gasteiger partial charge is 0.0616 e. The minimum atomic E-state index is 0.317. The van der Waals surface area contributed by atoms with Gasteiger partial charge in [-0.1, -0.05) is 78.9 Å². The number of benzene rings is 3. The minimum absolute atomic E-state index is 0.317. The zero-order valence-electron chi connectivity index (χ0n) is 13.6. The molecule has 1 unspecified atom stereocenters. The van der Waals surface area contributed by atoms with E-state index in [1.807, 2.05) is 0 Å². The summed E-state index contributed by atoms with van der Waals surface area (Å²) in [6.45, 7) is 2.29. The normalized spacial score (nSPS) is 14.6. The topological polar surface area (TPSA) is 3.24 Å². The molecule has 0 bridgehead atoms. The highest BCUT2D eigenvalue weighted by Crippen LogP contribution is 2.47. The number of rotatable bonds is 3. The second-order valence-corrected chi connectivity index (χ2v) is 6.33. The summed E-state index contributed by atoms with van der Waals surface area (Å²) in [6, 6.07) is 29.0. The van der Waals surface area contributed by atoms with Crippen molar-refractivity contribution < 1.29 is 0 Å². The predicted octanol–water partition coefficient (Wildman–Crippen LogP) is 5.45. The Kier molecular flexibility index (Phi) is 3.51. The summed E-state index contributed by atoms with van der Waals surface area (Å²) in [7, 11) is 2.24. The molecule has 23 heavy (non-hydrogen) atoms. The Balaban J connectivity index is 1.79. The number of hydrogen-bond acceptors (Lipinski definition) is 1. The van der Waals surface area contributed by atoms with Crippen LogP contribution in [0.3, 0.4) is 0 Å². The van der Waals surface area contributed by atoms with Gasteiger partial charge >= 0.3 is 0 Å². The zero-order valence-corrected chi connectivity index (χ0v) is 13.6. The first-order valence-corrected chi connectivity index (χ1v) is 8.22. The average Bonchev–Trinajstić information content (AvgIpc) is 2.96. The van der Waals surface area contributed by atoms with Crippen LogP contribution in [0.1, 0.15) is 35.7 Å². The Morgan fingerprint density at radius 2 is 1.17 bits per heavy atom. The molecular formula is C22H21N. The van der Waals surface area contributed by atoms with E-state index in [0.717, 1.165) is 0 Å². The monoisotopic (exact) mass is 299 g/mol. The van der Waals surface area contributed by atoms with Crippen molar-refractivity contribution in [2.24, 2.45) is 0 Å². The summed E-state index contributed by atoms with van der Waals surface area (Å²) in [6.07, 6.45) is 0. The van der Waals surface area contributed by atoms with Crippen molar-refractivity contribution in [3.63, 3.8) is 0 Å². The second kappa shape index (κ2) is 5.68. The molecule has 0 N–H and O–H groups in total. The molecule has 0 fully saturated rings. The van der Waals surface area contributed by atoms with Gasteiger partial charge in [0.25, 0.3) is 0 Å². The fourth-order valence-corrected chi connectivity index (χ4v) is 3.76. The molecule has 0 amide bonds. The molecule has 3 aromatic carbocycles. The maximum Gasteiger partial charge on any atom is 0.0616 e. The fraction of sp³-hybridized carbons (Fsp3) is 0.182. The van der Waals surface area contributed by atoms with Crippen LogP contribution in [0.2, 0.25) is 0 Å². The van der Waals surface area contributed by atoms with Crippen LogP contribution < -0.4 is 0 Å². The van der Waals surface area contributed by atoms with Crippen LogP contribution in [-0.4, -0.2) is 11.9 Å². The van der Waals surface area contributed by atoms with E-state index in [0.29, 0.717) is 12.1 Å². The molecule has 0 saturated heterocycles. The molecule has 1 aliphatic carbocycles. The van der Waals surface area contributed by atoms with Gasteiger partial charge in [-0.05, 0) is 41.8 Å².